The van der Waals surface area contributed by atoms with E-state index in [1.54, 1.807) is 23.3 Å². The van der Waals surface area contributed by atoms with E-state index in [4.69, 9.17) is 9.15 Å². The summed E-state index contributed by atoms with van der Waals surface area (Å²) in [5.41, 5.74) is 1.07. The number of pyridine rings is 1. The topological polar surface area (TPSA) is 89.5 Å². The van der Waals surface area contributed by atoms with Gasteiger partial charge in [-0.2, -0.15) is 5.10 Å². The van der Waals surface area contributed by atoms with Gasteiger partial charge in [-0.3, -0.25) is 0 Å². The Balaban J connectivity index is 0.00000300. The molecule has 0 amide bonds. The molecule has 2 N–H and O–H groups in total. The number of nitrogens with zero attached hydrogens (tertiary/aromatic N) is 4. The Morgan fingerprint density at radius 2 is 2.17 bits per heavy atom. The van der Waals surface area contributed by atoms with E-state index in [0.29, 0.717) is 19.8 Å². The lowest BCUT2D eigenvalue weighted by atomic mass is 10.2. The third kappa shape index (κ3) is 7.86. The summed E-state index contributed by atoms with van der Waals surface area (Å²) in [6, 6.07) is 9.59. The van der Waals surface area contributed by atoms with Gasteiger partial charge >= 0.3 is 0 Å². The van der Waals surface area contributed by atoms with Gasteiger partial charge in [-0.15, -0.1) is 24.0 Å². The highest BCUT2D eigenvalue weighted by Crippen LogP contribution is 2.07. The van der Waals surface area contributed by atoms with Crippen LogP contribution in [0.4, 0.5) is 0 Å². The highest BCUT2D eigenvalue weighted by molar-refractivity contribution is 14.0. The Labute approximate surface area is 187 Å². The van der Waals surface area contributed by atoms with Gasteiger partial charge in [0.25, 0.3) is 0 Å². The van der Waals surface area contributed by atoms with E-state index in [1.165, 1.54) is 0 Å². The van der Waals surface area contributed by atoms with Crippen LogP contribution in [0.3, 0.4) is 0 Å². The van der Waals surface area contributed by atoms with Gasteiger partial charge in [0.05, 0.1) is 12.8 Å². The van der Waals surface area contributed by atoms with Crippen LogP contribution in [0.1, 0.15) is 24.7 Å². The summed E-state index contributed by atoms with van der Waals surface area (Å²) in [6.07, 6.45) is 7.91. The predicted molar refractivity (Wildman–Crippen MR) is 123 cm³/mol. The first kappa shape index (κ1) is 22.9. The molecule has 29 heavy (non-hydrogen) atoms. The second-order valence-electron chi connectivity index (χ2n) is 6.08. The summed E-state index contributed by atoms with van der Waals surface area (Å²) in [7, 11) is 0. The Morgan fingerprint density at radius 1 is 1.24 bits per heavy atom. The van der Waals surface area contributed by atoms with E-state index in [1.807, 2.05) is 43.5 Å². The second kappa shape index (κ2) is 12.9. The quantitative estimate of drug-likeness (QED) is 0.189. The van der Waals surface area contributed by atoms with E-state index in [9.17, 15) is 0 Å². The van der Waals surface area contributed by atoms with Crippen molar-refractivity contribution in [3.63, 3.8) is 0 Å². The first-order chi connectivity index (χ1) is 13.8. The average molecular weight is 510 g/mol. The fourth-order valence-corrected chi connectivity index (χ4v) is 2.55. The van der Waals surface area contributed by atoms with Crippen LogP contribution in [0, 0.1) is 0 Å². The van der Waals surface area contributed by atoms with Gasteiger partial charge in [0, 0.05) is 38.3 Å². The van der Waals surface area contributed by atoms with Crippen LogP contribution >= 0.6 is 24.0 Å². The van der Waals surface area contributed by atoms with Crippen LogP contribution in [0.2, 0.25) is 0 Å². The molecule has 0 saturated heterocycles. The molecule has 0 fully saturated rings. The van der Waals surface area contributed by atoms with Gasteiger partial charge in [0.15, 0.2) is 11.8 Å². The molecule has 3 aromatic rings. The summed E-state index contributed by atoms with van der Waals surface area (Å²) in [6.45, 7) is 5.34. The minimum atomic E-state index is 0. The molecule has 0 unspecified atom stereocenters. The molecule has 0 bridgehead atoms. The Bertz CT molecular complexity index is 837. The van der Waals surface area contributed by atoms with Crippen LogP contribution in [0.15, 0.2) is 64.6 Å². The van der Waals surface area contributed by atoms with Crippen molar-refractivity contribution in [3.05, 3.63) is 66.5 Å². The Hall–Kier alpha value is -2.40. The maximum absolute atomic E-state index is 5.59. The largest absolute Gasteiger partial charge is 0.467 e. The number of guanidine groups is 1. The van der Waals surface area contributed by atoms with E-state index >= 15 is 0 Å². The summed E-state index contributed by atoms with van der Waals surface area (Å²) >= 11 is 0. The number of hydrogen-bond acceptors (Lipinski definition) is 5. The molecular formula is C20H27IN6O2. The lowest BCUT2D eigenvalue weighted by Crippen LogP contribution is -2.38. The van der Waals surface area contributed by atoms with Crippen molar-refractivity contribution in [2.24, 2.45) is 4.99 Å². The minimum Gasteiger partial charge on any atom is -0.467 e. The van der Waals surface area contributed by atoms with Crippen LogP contribution < -0.4 is 10.6 Å². The number of nitrogens with one attached hydrogen (secondary N) is 2. The molecule has 0 aliphatic carbocycles. The lowest BCUT2D eigenvalue weighted by molar-refractivity contribution is 0.105. The molecule has 8 nitrogen and oxygen atoms in total. The molecular weight excluding hydrogens is 483 g/mol. The number of ether oxygens (including phenoxy) is 1. The van der Waals surface area contributed by atoms with Crippen molar-refractivity contribution in [1.29, 1.82) is 0 Å². The number of hydrogen-bond donors (Lipinski definition) is 2. The number of rotatable bonds is 10. The van der Waals surface area contributed by atoms with E-state index in [2.05, 4.69) is 25.7 Å². The van der Waals surface area contributed by atoms with Crippen molar-refractivity contribution < 1.29 is 9.15 Å². The van der Waals surface area contributed by atoms with Crippen LogP contribution in [0.5, 0.6) is 0 Å². The van der Waals surface area contributed by atoms with E-state index in [0.717, 1.165) is 42.6 Å². The molecule has 3 aromatic heterocycles. The average Bonchev–Trinajstić information content (AvgIpc) is 3.43. The van der Waals surface area contributed by atoms with E-state index in [-0.39, 0.29) is 24.0 Å². The number of aliphatic imine (C=N–C) groups is 1. The zero-order valence-corrected chi connectivity index (χ0v) is 18.8. The fraction of sp³-hybridized carbons (Fsp3) is 0.350. The van der Waals surface area contributed by atoms with Crippen molar-refractivity contribution in [2.75, 3.05) is 19.7 Å². The number of aromatic nitrogens is 3. The van der Waals surface area contributed by atoms with Crippen LogP contribution in [-0.4, -0.2) is 40.4 Å². The third-order valence-corrected chi connectivity index (χ3v) is 3.90. The maximum Gasteiger partial charge on any atom is 0.191 e. The van der Waals surface area contributed by atoms with Gasteiger partial charge in [-0.05, 0) is 49.2 Å². The molecule has 0 saturated carbocycles. The standard InChI is InChI=1S/C20H26N6O2.HI/c1-2-21-20(23-8-5-12-27-16-18-6-3-13-28-18)24-15-17-7-10-22-19(14-17)26-11-4-9-25-26;/h3-4,6-7,9-11,13-14H,2,5,8,12,15-16H2,1H3,(H2,21,23,24);1H. The monoisotopic (exact) mass is 510 g/mol. The van der Waals surface area contributed by atoms with Gasteiger partial charge in [0.1, 0.15) is 12.4 Å². The van der Waals surface area contributed by atoms with E-state index < -0.39 is 0 Å². The fourth-order valence-electron chi connectivity index (χ4n) is 2.55. The van der Waals surface area contributed by atoms with Gasteiger partial charge < -0.3 is 19.8 Å². The zero-order valence-electron chi connectivity index (χ0n) is 16.5. The summed E-state index contributed by atoms with van der Waals surface area (Å²) in [4.78, 5) is 8.99. The van der Waals surface area contributed by atoms with Crippen molar-refractivity contribution in [1.82, 2.24) is 25.4 Å². The predicted octanol–water partition coefficient (Wildman–Crippen LogP) is 3.14. The van der Waals surface area contributed by atoms with Crippen molar-refractivity contribution >= 4 is 29.9 Å². The first-order valence-electron chi connectivity index (χ1n) is 9.42. The van der Waals surface area contributed by atoms with Gasteiger partial charge in [-0.25, -0.2) is 14.7 Å². The van der Waals surface area contributed by atoms with Gasteiger partial charge in [-0.1, -0.05) is 0 Å². The third-order valence-electron chi connectivity index (χ3n) is 3.90. The summed E-state index contributed by atoms with van der Waals surface area (Å²) in [5.74, 6) is 2.41. The molecule has 3 heterocycles. The Morgan fingerprint density at radius 3 is 2.93 bits per heavy atom. The normalized spacial score (nSPS) is 11.1. The molecule has 0 atom stereocenters. The number of halogens is 1. The van der Waals surface area contributed by atoms with Gasteiger partial charge in [0.2, 0.25) is 0 Å². The van der Waals surface area contributed by atoms with Crippen LogP contribution in [-0.2, 0) is 17.9 Å². The van der Waals surface area contributed by atoms with Crippen molar-refractivity contribution in [3.8, 4) is 5.82 Å². The molecule has 0 aliphatic heterocycles. The minimum absolute atomic E-state index is 0. The SMILES string of the molecule is CCNC(=NCc1ccnc(-n2cccn2)c1)NCCCOCc1ccco1.I. The molecule has 156 valence electrons. The Kier molecular flexibility index (Phi) is 10.2. The molecule has 0 aliphatic rings. The summed E-state index contributed by atoms with van der Waals surface area (Å²) < 4.78 is 12.6. The highest BCUT2D eigenvalue weighted by Gasteiger charge is 2.02. The highest BCUT2D eigenvalue weighted by atomic mass is 127. The smallest absolute Gasteiger partial charge is 0.191 e. The maximum atomic E-state index is 5.59. The molecule has 0 aromatic carbocycles. The first-order valence-corrected chi connectivity index (χ1v) is 9.42. The molecule has 9 heteroatoms. The zero-order chi connectivity index (χ0) is 19.4. The summed E-state index contributed by atoms with van der Waals surface area (Å²) in [5, 5.41) is 10.8. The van der Waals surface area contributed by atoms with Crippen molar-refractivity contribution in [2.45, 2.75) is 26.5 Å². The second-order valence-corrected chi connectivity index (χ2v) is 6.08. The lowest BCUT2D eigenvalue weighted by Gasteiger charge is -2.11. The number of furan rings is 1. The molecule has 0 spiro atoms. The molecule has 3 rings (SSSR count). The van der Waals surface area contributed by atoms with Crippen LogP contribution in [0.25, 0.3) is 5.82 Å². The molecule has 0 radical (unpaired) electrons.